The Morgan fingerprint density at radius 1 is 1.14 bits per heavy atom. The number of halogens is 1. The van der Waals surface area contributed by atoms with Crippen LogP contribution in [0.5, 0.6) is 0 Å². The first-order valence-electron chi connectivity index (χ1n) is 14.3. The Bertz CT molecular complexity index is 1480. The van der Waals surface area contributed by atoms with Crippen LogP contribution >= 0.6 is 11.6 Å². The summed E-state index contributed by atoms with van der Waals surface area (Å²) in [5.41, 5.74) is 2.35. The number of Topliss-reactive ketones (excluding diaryl/α,β-unsaturated/α-hetero) is 2. The molecule has 12 nitrogen and oxygen atoms in total. The van der Waals surface area contributed by atoms with Gasteiger partial charge in [0, 0.05) is 48.3 Å². The average Bonchev–Trinajstić information content (AvgIpc) is 3.71. The second-order valence-electron chi connectivity index (χ2n) is 10.3. The van der Waals surface area contributed by atoms with E-state index < -0.39 is 11.9 Å². The molecule has 0 bridgehead atoms. The molecule has 2 aromatic carbocycles. The second kappa shape index (κ2) is 16.0. The zero-order valence-corrected chi connectivity index (χ0v) is 25.4. The van der Waals surface area contributed by atoms with Crippen molar-refractivity contribution in [2.24, 2.45) is 0 Å². The number of carbonyl (C=O) groups is 4. The number of likely N-dealkylation sites (tertiary alicyclic amines) is 1. The van der Waals surface area contributed by atoms with E-state index in [4.69, 9.17) is 21.1 Å². The average molecular weight is 623 g/mol. The Morgan fingerprint density at radius 3 is 2.64 bits per heavy atom. The van der Waals surface area contributed by atoms with Crippen LogP contribution in [0.4, 0.5) is 0 Å². The van der Waals surface area contributed by atoms with Gasteiger partial charge in [0.25, 0.3) is 0 Å². The van der Waals surface area contributed by atoms with Gasteiger partial charge >= 0.3 is 0 Å². The minimum Gasteiger partial charge on any atom is -0.379 e. The third kappa shape index (κ3) is 9.37. The summed E-state index contributed by atoms with van der Waals surface area (Å²) in [5, 5.41) is 14.3. The van der Waals surface area contributed by atoms with Crippen molar-refractivity contribution in [2.45, 2.75) is 45.3 Å². The quantitative estimate of drug-likeness (QED) is 0.154. The summed E-state index contributed by atoms with van der Waals surface area (Å²) in [7, 11) is 0. The third-order valence-electron chi connectivity index (χ3n) is 7.11. The predicted octanol–water partition coefficient (Wildman–Crippen LogP) is 2.87. The number of hydrogen-bond donors (Lipinski definition) is 1. The highest BCUT2D eigenvalue weighted by Crippen LogP contribution is 2.20. The zero-order chi connectivity index (χ0) is 31.5. The van der Waals surface area contributed by atoms with E-state index in [1.54, 1.807) is 47.4 Å². The molecule has 0 saturated carbocycles. The number of benzene rings is 2. The van der Waals surface area contributed by atoms with Gasteiger partial charge in [-0.1, -0.05) is 35.9 Å². The Balaban J connectivity index is 1.46. The van der Waals surface area contributed by atoms with E-state index in [-0.39, 0.29) is 36.4 Å². The van der Waals surface area contributed by atoms with Crippen LogP contribution in [0.1, 0.15) is 48.2 Å². The van der Waals surface area contributed by atoms with Crippen LogP contribution in [0.25, 0.3) is 11.8 Å². The number of hydrogen-bond acceptors (Lipinski definition) is 9. The summed E-state index contributed by atoms with van der Waals surface area (Å²) in [5.74, 6) is -1.24. The summed E-state index contributed by atoms with van der Waals surface area (Å²) in [4.78, 5) is 53.1. The largest absolute Gasteiger partial charge is 0.379 e. The third-order valence-corrected chi connectivity index (χ3v) is 7.34. The number of ether oxygens (including phenoxy) is 2. The molecule has 0 aliphatic carbocycles. The maximum atomic E-state index is 13.5. The molecule has 1 unspecified atom stereocenters. The fourth-order valence-electron chi connectivity index (χ4n) is 4.76. The number of tetrazole rings is 1. The van der Waals surface area contributed by atoms with E-state index in [1.807, 2.05) is 6.92 Å². The van der Waals surface area contributed by atoms with E-state index in [2.05, 4.69) is 20.8 Å². The van der Waals surface area contributed by atoms with Crippen LogP contribution in [0.2, 0.25) is 5.02 Å². The Morgan fingerprint density at radius 2 is 1.93 bits per heavy atom. The molecule has 13 heteroatoms. The van der Waals surface area contributed by atoms with E-state index in [0.717, 1.165) is 0 Å². The second-order valence-corrected chi connectivity index (χ2v) is 10.7. The van der Waals surface area contributed by atoms with Crippen molar-refractivity contribution in [3.8, 4) is 5.69 Å². The van der Waals surface area contributed by atoms with Gasteiger partial charge < -0.3 is 19.7 Å². The van der Waals surface area contributed by atoms with Crippen LogP contribution in [0.15, 0.2) is 54.9 Å². The Labute approximate surface area is 260 Å². The summed E-state index contributed by atoms with van der Waals surface area (Å²) in [6.07, 6.45) is 4.55. The van der Waals surface area contributed by atoms with Crippen molar-refractivity contribution in [2.75, 3.05) is 32.9 Å². The standard InChI is InChI=1S/C31H35ClN6O6/c1-3-43-14-15-44-26-12-13-37(19-26)31(42)18-27(29(40)16-22-4-6-23(7-5-22)21(2)39)34-30(41)11-8-24-17-25(32)9-10-28(24)38-20-33-35-36-38/h4-11,17,20,26-27H,3,12-16,18-19H2,1-2H3,(H,34,41)/b11-8+/t26?,27-/m0/s1. The lowest BCUT2D eigenvalue weighted by Crippen LogP contribution is -2.45. The fourth-order valence-corrected chi connectivity index (χ4v) is 4.94. The van der Waals surface area contributed by atoms with Gasteiger partial charge in [0.1, 0.15) is 6.33 Å². The van der Waals surface area contributed by atoms with Gasteiger partial charge in [0.15, 0.2) is 11.6 Å². The Hall–Kier alpha value is -4.26. The molecule has 4 rings (SSSR count). The van der Waals surface area contributed by atoms with Crippen LogP contribution in [-0.4, -0.2) is 93.5 Å². The lowest BCUT2D eigenvalue weighted by Gasteiger charge is -2.21. The van der Waals surface area contributed by atoms with Crippen molar-refractivity contribution in [3.63, 3.8) is 0 Å². The lowest BCUT2D eigenvalue weighted by atomic mass is 9.99. The maximum Gasteiger partial charge on any atom is 0.244 e. The fraction of sp³-hybridized carbons (Fsp3) is 0.387. The maximum absolute atomic E-state index is 13.5. The number of amides is 2. The summed E-state index contributed by atoms with van der Waals surface area (Å²) in [6, 6.07) is 10.6. The van der Waals surface area contributed by atoms with E-state index in [9.17, 15) is 19.2 Å². The van der Waals surface area contributed by atoms with Gasteiger partial charge in [-0.25, -0.2) is 0 Å². The van der Waals surface area contributed by atoms with Gasteiger partial charge in [-0.3, -0.25) is 19.2 Å². The topological polar surface area (TPSA) is 146 Å². The first-order valence-corrected chi connectivity index (χ1v) is 14.7. The van der Waals surface area contributed by atoms with Crippen molar-refractivity contribution < 1.29 is 28.7 Å². The van der Waals surface area contributed by atoms with E-state index >= 15 is 0 Å². The lowest BCUT2D eigenvalue weighted by molar-refractivity contribution is -0.134. The first-order chi connectivity index (χ1) is 21.2. The van der Waals surface area contributed by atoms with E-state index in [1.165, 1.54) is 30.1 Å². The van der Waals surface area contributed by atoms with Crippen LogP contribution in [0, 0.1) is 0 Å². The van der Waals surface area contributed by atoms with Crippen molar-refractivity contribution in [3.05, 3.63) is 76.6 Å². The molecule has 1 fully saturated rings. The molecule has 1 aromatic heterocycles. The normalized spacial score (nSPS) is 15.4. The molecule has 3 aromatic rings. The minimum absolute atomic E-state index is 0.0268. The molecule has 1 aliphatic rings. The summed E-state index contributed by atoms with van der Waals surface area (Å²) in [6.45, 7) is 5.80. The first kappa shape index (κ1) is 32.6. The molecule has 44 heavy (non-hydrogen) atoms. The van der Waals surface area contributed by atoms with Gasteiger partial charge in [-0.15, -0.1) is 5.10 Å². The number of ketones is 2. The highest BCUT2D eigenvalue weighted by Gasteiger charge is 2.31. The van der Waals surface area contributed by atoms with Crippen molar-refractivity contribution >= 4 is 41.1 Å². The van der Waals surface area contributed by atoms with Gasteiger partial charge in [0.2, 0.25) is 11.8 Å². The smallest absolute Gasteiger partial charge is 0.244 e. The monoisotopic (exact) mass is 622 g/mol. The number of nitrogens with one attached hydrogen (secondary N) is 1. The zero-order valence-electron chi connectivity index (χ0n) is 24.6. The van der Waals surface area contributed by atoms with Crippen LogP contribution in [0.3, 0.4) is 0 Å². The highest BCUT2D eigenvalue weighted by molar-refractivity contribution is 6.30. The molecule has 0 radical (unpaired) electrons. The molecule has 1 aliphatic heterocycles. The molecular formula is C31H35ClN6O6. The van der Waals surface area contributed by atoms with Crippen LogP contribution in [-0.2, 0) is 30.3 Å². The molecule has 2 heterocycles. The molecule has 0 spiro atoms. The Kier molecular flexibility index (Phi) is 11.9. The SMILES string of the molecule is CCOCCOC1CCN(C(=O)C[C@H](NC(=O)/C=C/c2cc(Cl)ccc2-n2cnnn2)C(=O)Cc2ccc(C(C)=O)cc2)C1. The van der Waals surface area contributed by atoms with Gasteiger partial charge in [0.05, 0.1) is 37.5 Å². The molecule has 2 amide bonds. The molecule has 1 N–H and O–H groups in total. The molecule has 232 valence electrons. The van der Waals surface area contributed by atoms with Gasteiger partial charge in [-0.05, 0) is 60.5 Å². The number of aromatic nitrogens is 4. The predicted molar refractivity (Wildman–Crippen MR) is 162 cm³/mol. The van der Waals surface area contributed by atoms with Gasteiger partial charge in [-0.2, -0.15) is 4.68 Å². The number of carbonyl (C=O) groups excluding carboxylic acids is 4. The molecule has 1 saturated heterocycles. The number of nitrogens with zero attached hydrogens (tertiary/aromatic N) is 5. The number of rotatable bonds is 15. The summed E-state index contributed by atoms with van der Waals surface area (Å²) >= 11 is 6.18. The minimum atomic E-state index is -1.08. The molecule has 2 atom stereocenters. The highest BCUT2D eigenvalue weighted by atomic mass is 35.5. The van der Waals surface area contributed by atoms with Crippen LogP contribution < -0.4 is 5.32 Å². The molecular weight excluding hydrogens is 588 g/mol. The van der Waals surface area contributed by atoms with E-state index in [0.29, 0.717) is 66.7 Å². The summed E-state index contributed by atoms with van der Waals surface area (Å²) < 4.78 is 12.6. The van der Waals surface area contributed by atoms with Crippen molar-refractivity contribution in [1.29, 1.82) is 0 Å². The van der Waals surface area contributed by atoms with Crippen molar-refractivity contribution in [1.82, 2.24) is 30.4 Å².